The predicted octanol–water partition coefficient (Wildman–Crippen LogP) is 2.31. The van der Waals surface area contributed by atoms with Crippen LogP contribution in [0.1, 0.15) is 40.5 Å². The molecule has 1 aliphatic heterocycles. The first kappa shape index (κ1) is 13.5. The molecule has 0 aliphatic carbocycles. The number of piperidine rings is 1. The van der Waals surface area contributed by atoms with Gasteiger partial charge in [-0.25, -0.2) is 0 Å². The number of carbonyl (C=O) groups is 1. The molecule has 0 aromatic rings. The van der Waals surface area contributed by atoms with Crippen LogP contribution in [0.4, 0.5) is 0 Å². The van der Waals surface area contributed by atoms with E-state index in [0.717, 1.165) is 13.1 Å². The van der Waals surface area contributed by atoms with E-state index >= 15 is 0 Å². The van der Waals surface area contributed by atoms with Gasteiger partial charge in [-0.2, -0.15) is 0 Å². The Morgan fingerprint density at radius 2 is 2.12 bits per heavy atom. The van der Waals surface area contributed by atoms with E-state index in [4.69, 9.17) is 4.74 Å². The van der Waals surface area contributed by atoms with Gasteiger partial charge in [-0.05, 0) is 46.7 Å². The number of hydrogen-bond acceptors (Lipinski definition) is 3. The predicted molar refractivity (Wildman–Crippen MR) is 65.3 cm³/mol. The Balaban J connectivity index is 2.30. The highest BCUT2D eigenvalue weighted by atomic mass is 16.5. The maximum Gasteiger partial charge on any atom is 0.311 e. The van der Waals surface area contributed by atoms with Crippen molar-refractivity contribution in [2.24, 2.45) is 11.3 Å². The van der Waals surface area contributed by atoms with Gasteiger partial charge in [0, 0.05) is 12.5 Å². The number of carbonyl (C=O) groups excluding carboxylic acids is 1. The maximum atomic E-state index is 11.6. The summed E-state index contributed by atoms with van der Waals surface area (Å²) < 4.78 is 5.37. The number of likely N-dealkylation sites (tertiary alicyclic amines) is 1. The molecule has 1 heterocycles. The van der Waals surface area contributed by atoms with Gasteiger partial charge >= 0.3 is 5.97 Å². The molecule has 3 nitrogen and oxygen atoms in total. The molecule has 0 amide bonds. The quantitative estimate of drug-likeness (QED) is 0.693. The topological polar surface area (TPSA) is 29.5 Å². The summed E-state index contributed by atoms with van der Waals surface area (Å²) in [7, 11) is 0. The van der Waals surface area contributed by atoms with E-state index in [9.17, 15) is 4.79 Å². The Hall–Kier alpha value is -0.570. The first-order chi connectivity index (χ1) is 7.43. The van der Waals surface area contributed by atoms with Crippen molar-refractivity contribution in [1.29, 1.82) is 0 Å². The Bertz CT molecular complexity index is 233. The molecule has 16 heavy (non-hydrogen) atoms. The molecule has 3 heteroatoms. The Morgan fingerprint density at radius 1 is 1.44 bits per heavy atom. The van der Waals surface area contributed by atoms with E-state index in [2.05, 4.69) is 11.8 Å². The van der Waals surface area contributed by atoms with Gasteiger partial charge in [0.05, 0.1) is 12.0 Å². The molecule has 94 valence electrons. The maximum absolute atomic E-state index is 11.6. The molecule has 0 aromatic carbocycles. The zero-order chi connectivity index (χ0) is 12.2. The lowest BCUT2D eigenvalue weighted by Crippen LogP contribution is -2.38. The molecule has 0 N–H and O–H groups in total. The SMILES string of the molecule is CCN1CCCC(COC(=O)C(C)(C)C)C1. The average molecular weight is 227 g/mol. The molecule has 1 aliphatic rings. The molecule has 0 aromatic heterocycles. The van der Waals surface area contributed by atoms with Gasteiger partial charge in [-0.1, -0.05) is 6.92 Å². The minimum absolute atomic E-state index is 0.0823. The van der Waals surface area contributed by atoms with Crippen LogP contribution in [-0.2, 0) is 9.53 Å². The van der Waals surface area contributed by atoms with Gasteiger partial charge in [-0.15, -0.1) is 0 Å². The fourth-order valence-electron chi connectivity index (χ4n) is 1.98. The van der Waals surface area contributed by atoms with E-state index in [1.54, 1.807) is 0 Å². The second kappa shape index (κ2) is 5.67. The van der Waals surface area contributed by atoms with Crippen molar-refractivity contribution in [3.8, 4) is 0 Å². The summed E-state index contributed by atoms with van der Waals surface area (Å²) in [6, 6.07) is 0. The number of ether oxygens (including phenoxy) is 1. The third-order valence-electron chi connectivity index (χ3n) is 3.11. The summed E-state index contributed by atoms with van der Waals surface area (Å²) >= 11 is 0. The van der Waals surface area contributed by atoms with E-state index in [1.807, 2.05) is 20.8 Å². The zero-order valence-corrected chi connectivity index (χ0v) is 11.1. The van der Waals surface area contributed by atoms with Gasteiger partial charge in [0.1, 0.15) is 0 Å². The van der Waals surface area contributed by atoms with Crippen molar-refractivity contribution in [3.05, 3.63) is 0 Å². The minimum Gasteiger partial charge on any atom is -0.465 e. The molecule has 0 spiro atoms. The van der Waals surface area contributed by atoms with Crippen molar-refractivity contribution in [3.63, 3.8) is 0 Å². The van der Waals surface area contributed by atoms with Gasteiger partial charge in [-0.3, -0.25) is 4.79 Å². The Labute approximate surface area is 99.1 Å². The van der Waals surface area contributed by atoms with E-state index < -0.39 is 0 Å². The van der Waals surface area contributed by atoms with Crippen LogP contribution in [0.25, 0.3) is 0 Å². The third-order valence-corrected chi connectivity index (χ3v) is 3.11. The van der Waals surface area contributed by atoms with Crippen molar-refractivity contribution < 1.29 is 9.53 Å². The largest absolute Gasteiger partial charge is 0.465 e. The van der Waals surface area contributed by atoms with Crippen LogP contribution >= 0.6 is 0 Å². The van der Waals surface area contributed by atoms with Gasteiger partial charge in [0.25, 0.3) is 0 Å². The second-order valence-electron chi connectivity index (χ2n) is 5.75. The van der Waals surface area contributed by atoms with Crippen molar-refractivity contribution in [2.75, 3.05) is 26.2 Å². The van der Waals surface area contributed by atoms with E-state index in [0.29, 0.717) is 12.5 Å². The minimum atomic E-state index is -0.376. The molecule has 0 saturated carbocycles. The summed E-state index contributed by atoms with van der Waals surface area (Å²) in [6.45, 7) is 11.8. The summed E-state index contributed by atoms with van der Waals surface area (Å²) in [5.74, 6) is 0.445. The lowest BCUT2D eigenvalue weighted by molar-refractivity contribution is -0.154. The standard InChI is InChI=1S/C13H25NO2/c1-5-14-8-6-7-11(9-14)10-16-12(15)13(2,3)4/h11H,5-10H2,1-4H3. The summed E-state index contributed by atoms with van der Waals surface area (Å²) in [4.78, 5) is 14.1. The molecule has 0 radical (unpaired) electrons. The van der Waals surface area contributed by atoms with Crippen LogP contribution in [0.5, 0.6) is 0 Å². The highest BCUT2D eigenvalue weighted by Crippen LogP contribution is 2.19. The highest BCUT2D eigenvalue weighted by molar-refractivity contribution is 5.75. The third kappa shape index (κ3) is 4.12. The van der Waals surface area contributed by atoms with Crippen molar-refractivity contribution in [1.82, 2.24) is 4.90 Å². The van der Waals surface area contributed by atoms with Crippen LogP contribution in [0, 0.1) is 11.3 Å². The number of esters is 1. The van der Waals surface area contributed by atoms with Crippen LogP contribution in [-0.4, -0.2) is 37.1 Å². The smallest absolute Gasteiger partial charge is 0.311 e. The molecular formula is C13H25NO2. The van der Waals surface area contributed by atoms with Gasteiger partial charge in [0.15, 0.2) is 0 Å². The number of rotatable bonds is 3. The molecule has 1 unspecified atom stereocenters. The van der Waals surface area contributed by atoms with Crippen LogP contribution in [0.2, 0.25) is 0 Å². The molecule has 1 rings (SSSR count). The monoisotopic (exact) mass is 227 g/mol. The van der Waals surface area contributed by atoms with Crippen molar-refractivity contribution in [2.45, 2.75) is 40.5 Å². The van der Waals surface area contributed by atoms with Crippen molar-refractivity contribution >= 4 is 5.97 Å². The zero-order valence-electron chi connectivity index (χ0n) is 11.1. The lowest BCUT2D eigenvalue weighted by Gasteiger charge is -2.31. The normalized spacial score (nSPS) is 23.1. The highest BCUT2D eigenvalue weighted by Gasteiger charge is 2.25. The summed E-state index contributed by atoms with van der Waals surface area (Å²) in [6.07, 6.45) is 2.42. The first-order valence-corrected chi connectivity index (χ1v) is 6.33. The number of hydrogen-bond donors (Lipinski definition) is 0. The van der Waals surface area contributed by atoms with E-state index in [1.165, 1.54) is 19.4 Å². The van der Waals surface area contributed by atoms with Crippen LogP contribution < -0.4 is 0 Å². The Morgan fingerprint density at radius 3 is 2.69 bits per heavy atom. The fourth-order valence-corrected chi connectivity index (χ4v) is 1.98. The number of nitrogens with zero attached hydrogens (tertiary/aromatic N) is 1. The van der Waals surface area contributed by atoms with Gasteiger partial charge in [0.2, 0.25) is 0 Å². The van der Waals surface area contributed by atoms with Gasteiger partial charge < -0.3 is 9.64 Å². The fraction of sp³-hybridized carbons (Fsp3) is 0.923. The first-order valence-electron chi connectivity index (χ1n) is 6.33. The molecule has 0 bridgehead atoms. The van der Waals surface area contributed by atoms with Crippen LogP contribution in [0.15, 0.2) is 0 Å². The van der Waals surface area contributed by atoms with E-state index in [-0.39, 0.29) is 11.4 Å². The Kier molecular flexibility index (Phi) is 4.78. The van der Waals surface area contributed by atoms with Crippen LogP contribution in [0.3, 0.4) is 0 Å². The second-order valence-corrected chi connectivity index (χ2v) is 5.75. The molecule has 1 fully saturated rings. The summed E-state index contributed by atoms with van der Waals surface area (Å²) in [5.41, 5.74) is -0.376. The molecule has 1 saturated heterocycles. The lowest BCUT2D eigenvalue weighted by atomic mass is 9.96. The average Bonchev–Trinajstić information content (AvgIpc) is 2.25. The molecule has 1 atom stereocenters. The molecular weight excluding hydrogens is 202 g/mol. The summed E-state index contributed by atoms with van der Waals surface area (Å²) in [5, 5.41) is 0.